The van der Waals surface area contributed by atoms with Crippen molar-refractivity contribution < 1.29 is 14.0 Å². The van der Waals surface area contributed by atoms with Gasteiger partial charge in [-0.05, 0) is 62.1 Å². The number of rotatable bonds is 6. The van der Waals surface area contributed by atoms with Crippen molar-refractivity contribution in [3.8, 4) is 0 Å². The third-order valence-corrected chi connectivity index (χ3v) is 5.66. The molecule has 5 nitrogen and oxygen atoms in total. The molecule has 1 atom stereocenters. The van der Waals surface area contributed by atoms with Crippen LogP contribution in [0.1, 0.15) is 46.9 Å². The molecule has 1 aliphatic heterocycles. The molecule has 6 heteroatoms. The molecule has 30 heavy (non-hydrogen) atoms. The van der Waals surface area contributed by atoms with Gasteiger partial charge in [-0.1, -0.05) is 12.2 Å². The Hall–Kier alpha value is -3.28. The number of hydrogen-bond donors (Lipinski definition) is 1. The smallest absolute Gasteiger partial charge is 0.192 e. The Bertz CT molecular complexity index is 1030. The summed E-state index contributed by atoms with van der Waals surface area (Å²) < 4.78 is 13.0. The van der Waals surface area contributed by atoms with Gasteiger partial charge >= 0.3 is 0 Å². The molecule has 1 unspecified atom stereocenters. The average molecular weight is 405 g/mol. The molecule has 1 N–H and O–H groups in total. The lowest BCUT2D eigenvalue weighted by Crippen LogP contribution is -2.27. The first kappa shape index (κ1) is 20.0. The molecular weight excluding hydrogens is 381 g/mol. The van der Waals surface area contributed by atoms with Crippen LogP contribution in [0, 0.1) is 5.82 Å². The number of carbonyl (C=O) groups is 2. The van der Waals surface area contributed by atoms with E-state index in [1.165, 1.54) is 12.3 Å². The zero-order valence-corrected chi connectivity index (χ0v) is 16.9. The molecule has 2 aliphatic rings. The standard InChI is InChI=1S/C24H24FN3O2/c1-16-4-2-3-5-21(16)24(30)17-6-8-22(18(12-17)15-29)28-11-10-20(14-28)27-23-9-7-19(25)13-26-23/h4-9,12-13,15,20H,2-3,10-11,14H2,1H3,(H,26,27). The van der Waals surface area contributed by atoms with E-state index in [9.17, 15) is 14.0 Å². The Morgan fingerprint density at radius 3 is 2.80 bits per heavy atom. The fraction of sp³-hybridized carbons (Fsp3) is 0.292. The maximum Gasteiger partial charge on any atom is 0.192 e. The number of benzene rings is 1. The Morgan fingerprint density at radius 1 is 1.23 bits per heavy atom. The zero-order valence-electron chi connectivity index (χ0n) is 16.9. The van der Waals surface area contributed by atoms with Crippen LogP contribution in [0.4, 0.5) is 15.9 Å². The summed E-state index contributed by atoms with van der Waals surface area (Å²) in [4.78, 5) is 30.9. The topological polar surface area (TPSA) is 62.3 Å². The molecule has 2 aromatic rings. The molecular formula is C24H24FN3O2. The summed E-state index contributed by atoms with van der Waals surface area (Å²) in [5.41, 5.74) is 3.59. The van der Waals surface area contributed by atoms with Gasteiger partial charge in [0.25, 0.3) is 0 Å². The number of hydrogen-bond acceptors (Lipinski definition) is 5. The predicted molar refractivity (Wildman–Crippen MR) is 116 cm³/mol. The number of anilines is 2. The molecule has 2 heterocycles. The minimum absolute atomic E-state index is 0.0403. The van der Waals surface area contributed by atoms with Gasteiger partial charge in [0.2, 0.25) is 0 Å². The van der Waals surface area contributed by atoms with E-state index in [-0.39, 0.29) is 17.6 Å². The van der Waals surface area contributed by atoms with Crippen molar-refractivity contribution in [2.24, 2.45) is 0 Å². The normalized spacial score (nSPS) is 18.6. The van der Waals surface area contributed by atoms with Gasteiger partial charge in [0.1, 0.15) is 11.6 Å². The minimum atomic E-state index is -0.367. The van der Waals surface area contributed by atoms with Crippen LogP contribution in [0.15, 0.2) is 59.8 Å². The van der Waals surface area contributed by atoms with Gasteiger partial charge in [-0.3, -0.25) is 9.59 Å². The zero-order chi connectivity index (χ0) is 21.1. The van der Waals surface area contributed by atoms with Crippen molar-refractivity contribution in [3.05, 3.63) is 76.8 Å². The first-order valence-corrected chi connectivity index (χ1v) is 10.2. The number of nitrogens with one attached hydrogen (secondary N) is 1. The summed E-state index contributed by atoms with van der Waals surface area (Å²) in [5.74, 6) is 0.221. The van der Waals surface area contributed by atoms with E-state index in [4.69, 9.17) is 0 Å². The van der Waals surface area contributed by atoms with Gasteiger partial charge in [0.05, 0.1) is 6.20 Å². The molecule has 0 bridgehead atoms. The highest BCUT2D eigenvalue weighted by atomic mass is 19.1. The van der Waals surface area contributed by atoms with Gasteiger partial charge in [-0.25, -0.2) is 9.37 Å². The fourth-order valence-corrected chi connectivity index (χ4v) is 4.07. The van der Waals surface area contributed by atoms with Crippen LogP contribution in [0.2, 0.25) is 0 Å². The molecule has 1 aromatic carbocycles. The summed E-state index contributed by atoms with van der Waals surface area (Å²) >= 11 is 0. The minimum Gasteiger partial charge on any atom is -0.369 e. The van der Waals surface area contributed by atoms with Crippen molar-refractivity contribution in [1.29, 1.82) is 0 Å². The van der Waals surface area contributed by atoms with Gasteiger partial charge in [-0.15, -0.1) is 0 Å². The van der Waals surface area contributed by atoms with Crippen LogP contribution in [0.3, 0.4) is 0 Å². The van der Waals surface area contributed by atoms with Crippen molar-refractivity contribution in [3.63, 3.8) is 0 Å². The Morgan fingerprint density at radius 2 is 2.07 bits per heavy atom. The second-order valence-electron chi connectivity index (χ2n) is 7.74. The second-order valence-corrected chi connectivity index (χ2v) is 7.74. The molecule has 4 rings (SSSR count). The van der Waals surface area contributed by atoms with Gasteiger partial charge in [0.15, 0.2) is 12.1 Å². The lowest BCUT2D eigenvalue weighted by molar-refractivity contribution is 0.103. The van der Waals surface area contributed by atoms with Crippen LogP contribution in [-0.4, -0.2) is 36.2 Å². The third-order valence-electron chi connectivity index (χ3n) is 5.66. The summed E-state index contributed by atoms with van der Waals surface area (Å²) in [6, 6.07) is 8.49. The lowest BCUT2D eigenvalue weighted by atomic mass is 9.91. The number of aromatic nitrogens is 1. The van der Waals surface area contributed by atoms with E-state index >= 15 is 0 Å². The van der Waals surface area contributed by atoms with Crippen molar-refractivity contribution in [1.82, 2.24) is 4.98 Å². The van der Waals surface area contributed by atoms with Gasteiger partial charge < -0.3 is 10.2 Å². The van der Waals surface area contributed by atoms with Gasteiger partial charge in [0, 0.05) is 41.5 Å². The Balaban J connectivity index is 1.49. The number of carbonyl (C=O) groups excluding carboxylic acids is 2. The number of aldehydes is 1. The van der Waals surface area contributed by atoms with E-state index in [0.29, 0.717) is 23.5 Å². The van der Waals surface area contributed by atoms with Crippen LogP contribution >= 0.6 is 0 Å². The number of nitrogens with zero attached hydrogens (tertiary/aromatic N) is 2. The summed E-state index contributed by atoms with van der Waals surface area (Å²) in [7, 11) is 0. The Kier molecular flexibility index (Phi) is 5.74. The van der Waals surface area contributed by atoms with Crippen molar-refractivity contribution in [2.45, 2.75) is 32.2 Å². The Labute approximate surface area is 175 Å². The number of halogens is 1. The average Bonchev–Trinajstić information content (AvgIpc) is 3.23. The van der Waals surface area contributed by atoms with E-state index in [1.54, 1.807) is 18.2 Å². The highest BCUT2D eigenvalue weighted by Gasteiger charge is 2.25. The van der Waals surface area contributed by atoms with Crippen LogP contribution in [0.25, 0.3) is 0 Å². The molecule has 1 aromatic heterocycles. The molecule has 0 saturated carbocycles. The molecule has 154 valence electrons. The number of ketones is 1. The largest absolute Gasteiger partial charge is 0.369 e. The molecule has 1 fully saturated rings. The monoisotopic (exact) mass is 405 g/mol. The van der Waals surface area contributed by atoms with E-state index in [1.807, 2.05) is 19.1 Å². The number of allylic oxidation sites excluding steroid dienone is 4. The third kappa shape index (κ3) is 4.17. The highest BCUT2D eigenvalue weighted by Crippen LogP contribution is 2.28. The molecule has 0 spiro atoms. The SMILES string of the molecule is CC1=CCCC=C1C(=O)c1ccc(N2CCC(Nc3ccc(F)cn3)C2)c(C=O)c1. The van der Waals surface area contributed by atoms with Crippen LogP contribution in [0.5, 0.6) is 0 Å². The molecule has 0 radical (unpaired) electrons. The first-order chi connectivity index (χ1) is 14.5. The predicted octanol–water partition coefficient (Wildman–Crippen LogP) is 4.57. The lowest BCUT2D eigenvalue weighted by Gasteiger charge is -2.21. The highest BCUT2D eigenvalue weighted by molar-refractivity contribution is 6.12. The van der Waals surface area contributed by atoms with Crippen molar-refractivity contribution >= 4 is 23.6 Å². The summed E-state index contributed by atoms with van der Waals surface area (Å²) in [6.45, 7) is 3.42. The molecule has 1 saturated heterocycles. The summed E-state index contributed by atoms with van der Waals surface area (Å²) in [5, 5.41) is 3.31. The van der Waals surface area contributed by atoms with Crippen LogP contribution in [-0.2, 0) is 0 Å². The fourth-order valence-electron chi connectivity index (χ4n) is 4.07. The quantitative estimate of drug-likeness (QED) is 0.563. The van der Waals surface area contributed by atoms with Gasteiger partial charge in [-0.2, -0.15) is 0 Å². The van der Waals surface area contributed by atoms with E-state index in [2.05, 4.69) is 21.3 Å². The van der Waals surface area contributed by atoms with E-state index in [0.717, 1.165) is 48.9 Å². The second kappa shape index (κ2) is 8.61. The first-order valence-electron chi connectivity index (χ1n) is 10.2. The maximum absolute atomic E-state index is 13.0. The van der Waals surface area contributed by atoms with Crippen molar-refractivity contribution in [2.75, 3.05) is 23.3 Å². The van der Waals surface area contributed by atoms with E-state index < -0.39 is 0 Å². The number of pyridine rings is 1. The van der Waals surface area contributed by atoms with Crippen LogP contribution < -0.4 is 10.2 Å². The molecule has 1 aliphatic carbocycles. The molecule has 0 amide bonds. The maximum atomic E-state index is 13.0. The number of Topliss-reactive ketones (excluding diaryl/α,β-unsaturated/α-hetero) is 1. The summed E-state index contributed by atoms with van der Waals surface area (Å²) in [6.07, 6.45) is 8.75.